The second kappa shape index (κ2) is 7.45. The fourth-order valence-corrected chi connectivity index (χ4v) is 3.01. The van der Waals surface area contributed by atoms with Crippen LogP contribution in [0.25, 0.3) is 0 Å². The summed E-state index contributed by atoms with van der Waals surface area (Å²) in [6, 6.07) is 13.2. The van der Waals surface area contributed by atoms with E-state index in [9.17, 15) is 9.18 Å². The first kappa shape index (κ1) is 16.5. The fourth-order valence-electron chi connectivity index (χ4n) is 3.01. The fraction of sp³-hybridized carbons (Fsp3) is 0.316. The van der Waals surface area contributed by atoms with Gasteiger partial charge in [-0.05, 0) is 43.2 Å². The first-order valence-electron chi connectivity index (χ1n) is 8.00. The molecule has 0 saturated carbocycles. The van der Waals surface area contributed by atoms with Gasteiger partial charge in [-0.2, -0.15) is 0 Å². The van der Waals surface area contributed by atoms with Crippen molar-refractivity contribution in [2.45, 2.75) is 18.9 Å². The molecule has 0 N–H and O–H groups in total. The Morgan fingerprint density at radius 3 is 2.62 bits per heavy atom. The van der Waals surface area contributed by atoms with Gasteiger partial charge in [0.1, 0.15) is 11.6 Å². The zero-order chi connectivity index (χ0) is 16.9. The molecular formula is C19H20FNO3. The maximum absolute atomic E-state index is 13.7. The number of amides is 1. The lowest BCUT2D eigenvalue weighted by atomic mass is 10.0. The van der Waals surface area contributed by atoms with Gasteiger partial charge in [0.2, 0.25) is 0 Å². The van der Waals surface area contributed by atoms with E-state index in [0.29, 0.717) is 30.2 Å². The Balaban J connectivity index is 2.01. The molecule has 2 aromatic carbocycles. The van der Waals surface area contributed by atoms with Crippen LogP contribution >= 0.6 is 0 Å². The largest absolute Gasteiger partial charge is 0.496 e. The Labute approximate surface area is 140 Å². The number of hydrogen-bond donors (Lipinski definition) is 0. The van der Waals surface area contributed by atoms with Crippen molar-refractivity contribution >= 4 is 11.6 Å². The zero-order valence-corrected chi connectivity index (χ0v) is 13.6. The number of methoxy groups -OCH3 is 1. The maximum atomic E-state index is 13.7. The Morgan fingerprint density at radius 2 is 1.92 bits per heavy atom. The molecule has 0 aliphatic carbocycles. The van der Waals surface area contributed by atoms with E-state index in [4.69, 9.17) is 9.47 Å². The van der Waals surface area contributed by atoms with Crippen LogP contribution in [0.1, 0.15) is 23.2 Å². The van der Waals surface area contributed by atoms with Gasteiger partial charge in [0.05, 0.1) is 12.7 Å². The van der Waals surface area contributed by atoms with Gasteiger partial charge in [-0.1, -0.05) is 18.2 Å². The van der Waals surface area contributed by atoms with Crippen LogP contribution in [0.3, 0.4) is 0 Å². The number of ether oxygens (including phenoxy) is 2. The molecule has 1 heterocycles. The van der Waals surface area contributed by atoms with E-state index >= 15 is 0 Å². The van der Waals surface area contributed by atoms with E-state index < -0.39 is 0 Å². The molecule has 1 aliphatic rings. The van der Waals surface area contributed by atoms with Crippen LogP contribution in [0.4, 0.5) is 10.1 Å². The molecule has 0 unspecified atom stereocenters. The monoisotopic (exact) mass is 329 g/mol. The van der Waals surface area contributed by atoms with Crippen LogP contribution in [0.5, 0.6) is 5.75 Å². The molecule has 0 atom stereocenters. The van der Waals surface area contributed by atoms with E-state index in [-0.39, 0.29) is 17.8 Å². The van der Waals surface area contributed by atoms with E-state index in [1.807, 2.05) is 6.07 Å². The van der Waals surface area contributed by atoms with Crippen LogP contribution in [0.15, 0.2) is 48.5 Å². The highest BCUT2D eigenvalue weighted by molar-refractivity contribution is 6.08. The summed E-state index contributed by atoms with van der Waals surface area (Å²) in [6.45, 7) is 1.19. The third-order valence-electron chi connectivity index (χ3n) is 4.20. The molecule has 0 radical (unpaired) electrons. The van der Waals surface area contributed by atoms with Crippen LogP contribution in [-0.4, -0.2) is 32.3 Å². The van der Waals surface area contributed by atoms with Gasteiger partial charge in [-0.3, -0.25) is 4.79 Å². The highest BCUT2D eigenvalue weighted by atomic mass is 19.1. The lowest BCUT2D eigenvalue weighted by Gasteiger charge is -2.34. The van der Waals surface area contributed by atoms with Gasteiger partial charge in [-0.15, -0.1) is 0 Å². The summed E-state index contributed by atoms with van der Waals surface area (Å²) in [5, 5.41) is 0. The molecule has 0 aromatic heterocycles. The highest BCUT2D eigenvalue weighted by Crippen LogP contribution is 2.28. The van der Waals surface area contributed by atoms with E-state index in [1.165, 1.54) is 19.2 Å². The molecule has 1 aliphatic heterocycles. The first-order chi connectivity index (χ1) is 11.7. The molecule has 2 aromatic rings. The van der Waals surface area contributed by atoms with Gasteiger partial charge in [0.25, 0.3) is 5.91 Å². The predicted molar refractivity (Wildman–Crippen MR) is 90.0 cm³/mol. The van der Waals surface area contributed by atoms with Crippen LogP contribution in [0.2, 0.25) is 0 Å². The predicted octanol–water partition coefficient (Wildman–Crippen LogP) is 3.66. The minimum Gasteiger partial charge on any atom is -0.496 e. The molecule has 1 saturated heterocycles. The molecule has 5 heteroatoms. The number of benzene rings is 2. The first-order valence-corrected chi connectivity index (χ1v) is 8.00. The summed E-state index contributed by atoms with van der Waals surface area (Å²) in [5.41, 5.74) is 1.02. The van der Waals surface area contributed by atoms with Crippen molar-refractivity contribution in [1.82, 2.24) is 0 Å². The van der Waals surface area contributed by atoms with Crippen LogP contribution in [0, 0.1) is 5.82 Å². The summed E-state index contributed by atoms with van der Waals surface area (Å²) in [6.07, 6.45) is 1.44. The number of carbonyl (C=O) groups excluding carboxylic acids is 1. The van der Waals surface area contributed by atoms with Gasteiger partial charge in [0.15, 0.2) is 0 Å². The zero-order valence-electron chi connectivity index (χ0n) is 13.6. The van der Waals surface area contributed by atoms with E-state index in [1.54, 1.807) is 35.2 Å². The maximum Gasteiger partial charge on any atom is 0.262 e. The summed E-state index contributed by atoms with van der Waals surface area (Å²) in [5.74, 6) is -0.0432. The molecule has 0 bridgehead atoms. The smallest absolute Gasteiger partial charge is 0.262 e. The average molecular weight is 329 g/mol. The summed E-state index contributed by atoms with van der Waals surface area (Å²) in [4.78, 5) is 14.9. The molecule has 4 nitrogen and oxygen atoms in total. The molecular weight excluding hydrogens is 309 g/mol. The second-order valence-corrected chi connectivity index (χ2v) is 5.70. The van der Waals surface area contributed by atoms with Crippen LogP contribution in [-0.2, 0) is 4.74 Å². The van der Waals surface area contributed by atoms with Crippen molar-refractivity contribution < 1.29 is 18.7 Å². The van der Waals surface area contributed by atoms with Gasteiger partial charge < -0.3 is 14.4 Å². The Kier molecular flexibility index (Phi) is 5.11. The highest BCUT2D eigenvalue weighted by Gasteiger charge is 2.29. The van der Waals surface area contributed by atoms with Crippen molar-refractivity contribution in [1.29, 1.82) is 0 Å². The van der Waals surface area contributed by atoms with E-state index in [0.717, 1.165) is 12.8 Å². The Bertz CT molecular complexity index is 713. The lowest BCUT2D eigenvalue weighted by Crippen LogP contribution is -2.43. The number of carbonyl (C=O) groups is 1. The Morgan fingerprint density at radius 1 is 1.17 bits per heavy atom. The van der Waals surface area contributed by atoms with Crippen molar-refractivity contribution in [3.63, 3.8) is 0 Å². The Hall–Kier alpha value is -2.40. The molecule has 1 amide bonds. The topological polar surface area (TPSA) is 38.8 Å². The third kappa shape index (κ3) is 3.41. The van der Waals surface area contributed by atoms with Crippen LogP contribution < -0.4 is 9.64 Å². The number of para-hydroxylation sites is 1. The van der Waals surface area contributed by atoms with Gasteiger partial charge >= 0.3 is 0 Å². The minimum absolute atomic E-state index is 0.0297. The number of halogens is 1. The summed E-state index contributed by atoms with van der Waals surface area (Å²) < 4.78 is 24.4. The molecule has 3 rings (SSSR count). The standard InChI is InChI=1S/C19H20FNO3/c1-23-18-8-3-2-7-17(18)19(22)21(15-9-11-24-12-10-15)16-6-4-5-14(20)13-16/h2-8,13,15H,9-12H2,1H3. The third-order valence-corrected chi connectivity index (χ3v) is 4.20. The number of nitrogens with zero attached hydrogens (tertiary/aromatic N) is 1. The quantitative estimate of drug-likeness (QED) is 0.859. The molecule has 126 valence electrons. The number of rotatable bonds is 4. The van der Waals surface area contributed by atoms with Crippen molar-refractivity contribution in [2.24, 2.45) is 0 Å². The molecule has 0 spiro atoms. The normalized spacial score (nSPS) is 15.1. The molecule has 1 fully saturated rings. The second-order valence-electron chi connectivity index (χ2n) is 5.70. The number of anilines is 1. The summed E-state index contributed by atoms with van der Waals surface area (Å²) in [7, 11) is 1.53. The van der Waals surface area contributed by atoms with Gasteiger partial charge in [0, 0.05) is 24.9 Å². The van der Waals surface area contributed by atoms with Crippen molar-refractivity contribution in [3.8, 4) is 5.75 Å². The summed E-state index contributed by atoms with van der Waals surface area (Å²) >= 11 is 0. The minimum atomic E-state index is -0.364. The SMILES string of the molecule is COc1ccccc1C(=O)N(c1cccc(F)c1)C1CCOCC1. The van der Waals surface area contributed by atoms with E-state index in [2.05, 4.69) is 0 Å². The lowest BCUT2D eigenvalue weighted by molar-refractivity contribution is 0.0771. The van der Waals surface area contributed by atoms with Crippen molar-refractivity contribution in [2.75, 3.05) is 25.2 Å². The number of hydrogen-bond acceptors (Lipinski definition) is 3. The van der Waals surface area contributed by atoms with Crippen molar-refractivity contribution in [3.05, 3.63) is 59.9 Å². The van der Waals surface area contributed by atoms with Gasteiger partial charge in [-0.25, -0.2) is 4.39 Å². The average Bonchev–Trinajstić information content (AvgIpc) is 2.63. The molecule has 24 heavy (non-hydrogen) atoms.